The number of carbonyl (C=O) groups excluding carboxylic acids is 1. The van der Waals surface area contributed by atoms with E-state index < -0.39 is 0 Å². The number of benzene rings is 1. The van der Waals surface area contributed by atoms with E-state index in [0.717, 1.165) is 12.0 Å². The van der Waals surface area contributed by atoms with E-state index >= 15 is 0 Å². The van der Waals surface area contributed by atoms with Crippen molar-refractivity contribution in [3.05, 3.63) is 29.3 Å². The smallest absolute Gasteiger partial charge is 0.251 e. The quantitative estimate of drug-likeness (QED) is 0.793. The molecule has 0 aliphatic heterocycles. The summed E-state index contributed by atoms with van der Waals surface area (Å²) < 4.78 is 0. The van der Waals surface area contributed by atoms with Crippen LogP contribution in [0.5, 0.6) is 0 Å². The molecule has 0 bridgehead atoms. The largest absolute Gasteiger partial charge is 0.348 e. The summed E-state index contributed by atoms with van der Waals surface area (Å²) in [7, 11) is 0. The normalized spacial score (nSPS) is 16.6. The molecule has 1 amide bonds. The molecule has 0 radical (unpaired) electrons. The third-order valence-corrected chi connectivity index (χ3v) is 5.05. The summed E-state index contributed by atoms with van der Waals surface area (Å²) in [5, 5.41) is 3.10. The summed E-state index contributed by atoms with van der Waals surface area (Å²) in [6, 6.07) is 6.09. The van der Waals surface area contributed by atoms with Crippen LogP contribution in [0.15, 0.2) is 23.1 Å². The lowest BCUT2D eigenvalue weighted by molar-refractivity contribution is 0.0904. The number of nitrogens with two attached hydrogens (primary N) is 1. The van der Waals surface area contributed by atoms with Crippen LogP contribution < -0.4 is 11.1 Å². The molecule has 0 aromatic heterocycles. The monoisotopic (exact) mass is 292 g/mol. The number of nitrogens with one attached hydrogen (secondary N) is 1. The molecule has 1 unspecified atom stereocenters. The molecule has 1 fully saturated rings. The van der Waals surface area contributed by atoms with Gasteiger partial charge in [0.05, 0.1) is 0 Å². The van der Waals surface area contributed by atoms with Crippen LogP contribution >= 0.6 is 11.8 Å². The molecule has 1 atom stereocenters. The molecular weight excluding hydrogens is 268 g/mol. The van der Waals surface area contributed by atoms with Gasteiger partial charge in [0.15, 0.2) is 0 Å². The Hall–Kier alpha value is -1.000. The lowest BCUT2D eigenvalue weighted by Gasteiger charge is -2.33. The standard InChI is InChI=1S/C16H24N2OS/c1-3-11-9-13(7-8-15(11)20-2)16(19)18-14(10-17)12-5-4-6-12/h7-9,12,14H,3-6,10,17H2,1-2H3,(H,18,19). The predicted octanol–water partition coefficient (Wildman–Crippen LogP) is 2.83. The van der Waals surface area contributed by atoms with E-state index in [0.29, 0.717) is 12.5 Å². The highest BCUT2D eigenvalue weighted by Gasteiger charge is 2.27. The summed E-state index contributed by atoms with van der Waals surface area (Å²) in [6.45, 7) is 2.65. The first-order valence-electron chi connectivity index (χ1n) is 7.37. The van der Waals surface area contributed by atoms with Crippen molar-refractivity contribution >= 4 is 17.7 Å². The first kappa shape index (κ1) is 15.4. The summed E-state index contributed by atoms with van der Waals surface area (Å²) >= 11 is 1.72. The zero-order valence-corrected chi connectivity index (χ0v) is 13.1. The SMILES string of the molecule is CCc1cc(C(=O)NC(CN)C2CCC2)ccc1SC. The molecule has 0 spiro atoms. The number of aryl methyl sites for hydroxylation is 1. The van der Waals surface area contributed by atoms with E-state index in [9.17, 15) is 4.79 Å². The number of thioether (sulfide) groups is 1. The molecule has 1 aromatic rings. The number of carbonyl (C=O) groups is 1. The van der Waals surface area contributed by atoms with E-state index in [1.165, 1.54) is 29.7 Å². The molecule has 110 valence electrons. The maximum Gasteiger partial charge on any atom is 0.251 e. The van der Waals surface area contributed by atoms with E-state index in [-0.39, 0.29) is 11.9 Å². The average molecular weight is 292 g/mol. The van der Waals surface area contributed by atoms with Crippen LogP contribution in [0.3, 0.4) is 0 Å². The first-order valence-corrected chi connectivity index (χ1v) is 8.59. The molecule has 1 aliphatic rings. The summed E-state index contributed by atoms with van der Waals surface area (Å²) in [5.41, 5.74) is 7.78. The van der Waals surface area contributed by atoms with Crippen LogP contribution in [0.4, 0.5) is 0 Å². The van der Waals surface area contributed by atoms with Crippen molar-refractivity contribution < 1.29 is 4.79 Å². The molecule has 3 nitrogen and oxygen atoms in total. The van der Waals surface area contributed by atoms with Gasteiger partial charge in [-0.25, -0.2) is 0 Å². The average Bonchev–Trinajstić information content (AvgIpc) is 2.43. The molecule has 2 rings (SSSR count). The molecule has 0 saturated heterocycles. The maximum atomic E-state index is 12.4. The molecule has 20 heavy (non-hydrogen) atoms. The van der Waals surface area contributed by atoms with E-state index in [2.05, 4.69) is 18.5 Å². The minimum atomic E-state index is 0.00898. The molecule has 4 heteroatoms. The van der Waals surface area contributed by atoms with Gasteiger partial charge < -0.3 is 11.1 Å². The van der Waals surface area contributed by atoms with Gasteiger partial charge in [-0.15, -0.1) is 11.8 Å². The molecule has 3 N–H and O–H groups in total. The molecule has 1 aliphatic carbocycles. The van der Waals surface area contributed by atoms with Gasteiger partial charge in [0.2, 0.25) is 0 Å². The Bertz CT molecular complexity index is 472. The number of rotatable bonds is 6. The highest BCUT2D eigenvalue weighted by molar-refractivity contribution is 7.98. The van der Waals surface area contributed by atoms with E-state index in [1.54, 1.807) is 11.8 Å². The molecular formula is C16H24N2OS. The van der Waals surface area contributed by atoms with Crippen molar-refractivity contribution in [1.82, 2.24) is 5.32 Å². The lowest BCUT2D eigenvalue weighted by atomic mass is 9.79. The second kappa shape index (κ2) is 7.14. The third-order valence-electron chi connectivity index (χ3n) is 4.21. The van der Waals surface area contributed by atoms with Crippen molar-refractivity contribution in [2.24, 2.45) is 11.7 Å². The van der Waals surface area contributed by atoms with Gasteiger partial charge in [-0.05, 0) is 55.2 Å². The Morgan fingerprint density at radius 2 is 2.25 bits per heavy atom. The Morgan fingerprint density at radius 3 is 2.75 bits per heavy atom. The van der Waals surface area contributed by atoms with Gasteiger partial charge in [0.1, 0.15) is 0 Å². The van der Waals surface area contributed by atoms with Crippen LogP contribution in [0, 0.1) is 5.92 Å². The van der Waals surface area contributed by atoms with Crippen LogP contribution in [0.2, 0.25) is 0 Å². The summed E-state index contributed by atoms with van der Waals surface area (Å²) in [6.07, 6.45) is 6.65. The highest BCUT2D eigenvalue weighted by atomic mass is 32.2. The Kier molecular flexibility index (Phi) is 5.49. The summed E-state index contributed by atoms with van der Waals surface area (Å²) in [4.78, 5) is 13.6. The predicted molar refractivity (Wildman–Crippen MR) is 85.3 cm³/mol. The Balaban J connectivity index is 2.08. The van der Waals surface area contributed by atoms with Gasteiger partial charge in [0.25, 0.3) is 5.91 Å². The number of hydrogen-bond donors (Lipinski definition) is 2. The van der Waals surface area contributed by atoms with E-state index in [4.69, 9.17) is 5.73 Å². The van der Waals surface area contributed by atoms with Gasteiger partial charge in [-0.2, -0.15) is 0 Å². The fraction of sp³-hybridized carbons (Fsp3) is 0.562. The maximum absolute atomic E-state index is 12.4. The minimum absolute atomic E-state index is 0.00898. The zero-order valence-electron chi connectivity index (χ0n) is 12.3. The molecule has 0 heterocycles. The number of amides is 1. The fourth-order valence-electron chi connectivity index (χ4n) is 2.66. The topological polar surface area (TPSA) is 55.1 Å². The minimum Gasteiger partial charge on any atom is -0.348 e. The third kappa shape index (κ3) is 3.36. The zero-order chi connectivity index (χ0) is 14.5. The number of hydrogen-bond acceptors (Lipinski definition) is 3. The van der Waals surface area contributed by atoms with E-state index in [1.807, 2.05) is 18.2 Å². The van der Waals surface area contributed by atoms with Crippen molar-refractivity contribution in [1.29, 1.82) is 0 Å². The first-order chi connectivity index (χ1) is 9.69. The van der Waals surface area contributed by atoms with Crippen LogP contribution in [0.1, 0.15) is 42.1 Å². The van der Waals surface area contributed by atoms with Gasteiger partial charge >= 0.3 is 0 Å². The van der Waals surface area contributed by atoms with Crippen LogP contribution in [0.25, 0.3) is 0 Å². The Morgan fingerprint density at radius 1 is 1.50 bits per heavy atom. The highest BCUT2D eigenvalue weighted by Crippen LogP contribution is 2.29. The van der Waals surface area contributed by atoms with Crippen LogP contribution in [-0.4, -0.2) is 24.7 Å². The fourth-order valence-corrected chi connectivity index (χ4v) is 3.33. The van der Waals surface area contributed by atoms with Crippen molar-refractivity contribution in [3.8, 4) is 0 Å². The molecule has 1 saturated carbocycles. The van der Waals surface area contributed by atoms with Crippen LogP contribution in [-0.2, 0) is 6.42 Å². The van der Waals surface area contributed by atoms with Gasteiger partial charge in [-0.3, -0.25) is 4.79 Å². The lowest BCUT2D eigenvalue weighted by Crippen LogP contribution is -2.47. The van der Waals surface area contributed by atoms with Crippen molar-refractivity contribution in [2.75, 3.05) is 12.8 Å². The second-order valence-corrected chi connectivity index (χ2v) is 6.23. The van der Waals surface area contributed by atoms with Gasteiger partial charge in [-0.1, -0.05) is 13.3 Å². The van der Waals surface area contributed by atoms with Gasteiger partial charge in [0, 0.05) is 23.0 Å². The Labute approximate surface area is 125 Å². The molecule has 1 aromatic carbocycles. The summed E-state index contributed by atoms with van der Waals surface area (Å²) in [5.74, 6) is 0.578. The second-order valence-electron chi connectivity index (χ2n) is 5.39. The van der Waals surface area contributed by atoms with Crippen molar-refractivity contribution in [3.63, 3.8) is 0 Å². The van der Waals surface area contributed by atoms with Crippen molar-refractivity contribution in [2.45, 2.75) is 43.5 Å².